The van der Waals surface area contributed by atoms with E-state index in [9.17, 15) is 4.79 Å². The number of anilines is 2. The molecule has 1 fully saturated rings. The zero-order chi connectivity index (χ0) is 21.2. The third kappa shape index (κ3) is 3.85. The van der Waals surface area contributed by atoms with Crippen LogP contribution in [0.1, 0.15) is 18.4 Å². The summed E-state index contributed by atoms with van der Waals surface area (Å²) >= 11 is 0. The van der Waals surface area contributed by atoms with Crippen molar-refractivity contribution in [3.63, 3.8) is 0 Å². The molecule has 0 unspecified atom stereocenters. The van der Waals surface area contributed by atoms with Crippen LogP contribution in [0.5, 0.6) is 5.75 Å². The number of carbonyl (C=O) groups is 1. The standard InChI is InChI=1S/C25H26N4O2/c1-31-21-10-8-18(9-11-21)22-15-24(27-17-26-22)28-13-4-6-20(16-28)25(30)29-14-12-19-5-2-3-7-23(19)29/h2-3,5,7-11,15,17,20H,4,6,12-14,16H2,1H3/t20-/m0/s1. The van der Waals surface area contributed by atoms with Gasteiger partial charge >= 0.3 is 0 Å². The minimum atomic E-state index is -0.0145. The molecule has 1 amide bonds. The molecule has 0 N–H and O–H groups in total. The Labute approximate surface area is 182 Å². The van der Waals surface area contributed by atoms with Crippen LogP contribution in [0.4, 0.5) is 11.5 Å². The highest BCUT2D eigenvalue weighted by Crippen LogP contribution is 2.32. The number of carbonyl (C=O) groups excluding carboxylic acids is 1. The number of aromatic nitrogens is 2. The van der Waals surface area contributed by atoms with Gasteiger partial charge in [0.25, 0.3) is 0 Å². The van der Waals surface area contributed by atoms with Crippen LogP contribution in [0.3, 0.4) is 0 Å². The fourth-order valence-electron chi connectivity index (χ4n) is 4.61. The Morgan fingerprint density at radius 2 is 1.90 bits per heavy atom. The van der Waals surface area contributed by atoms with E-state index in [-0.39, 0.29) is 11.8 Å². The van der Waals surface area contributed by atoms with Gasteiger partial charge in [-0.3, -0.25) is 4.79 Å². The lowest BCUT2D eigenvalue weighted by Gasteiger charge is -2.34. The topological polar surface area (TPSA) is 58.6 Å². The first-order chi connectivity index (χ1) is 15.2. The van der Waals surface area contributed by atoms with Crippen molar-refractivity contribution in [1.82, 2.24) is 9.97 Å². The normalized spacial score (nSPS) is 18.0. The van der Waals surface area contributed by atoms with Gasteiger partial charge in [-0.2, -0.15) is 0 Å². The fraction of sp³-hybridized carbons (Fsp3) is 0.320. The molecule has 0 bridgehead atoms. The molecule has 0 radical (unpaired) electrons. The zero-order valence-electron chi connectivity index (χ0n) is 17.7. The second-order valence-electron chi connectivity index (χ2n) is 8.14. The van der Waals surface area contributed by atoms with Crippen LogP contribution in [-0.2, 0) is 11.2 Å². The highest BCUT2D eigenvalue weighted by Gasteiger charge is 2.33. The molecule has 0 saturated carbocycles. The number of rotatable bonds is 4. The molecule has 6 heteroatoms. The van der Waals surface area contributed by atoms with Gasteiger partial charge in [-0.1, -0.05) is 18.2 Å². The van der Waals surface area contributed by atoms with E-state index < -0.39 is 0 Å². The van der Waals surface area contributed by atoms with E-state index in [1.165, 1.54) is 5.56 Å². The largest absolute Gasteiger partial charge is 0.497 e. The average molecular weight is 415 g/mol. The number of piperidine rings is 1. The number of methoxy groups -OCH3 is 1. The van der Waals surface area contributed by atoms with E-state index in [4.69, 9.17) is 4.74 Å². The number of fused-ring (bicyclic) bond motifs is 1. The molecule has 6 nitrogen and oxygen atoms in total. The van der Waals surface area contributed by atoms with Crippen LogP contribution in [0, 0.1) is 5.92 Å². The summed E-state index contributed by atoms with van der Waals surface area (Å²) in [6, 6.07) is 18.1. The lowest BCUT2D eigenvalue weighted by atomic mass is 9.96. The van der Waals surface area contributed by atoms with Crippen LogP contribution >= 0.6 is 0 Å². The smallest absolute Gasteiger partial charge is 0.231 e. The summed E-state index contributed by atoms with van der Waals surface area (Å²) < 4.78 is 5.25. The molecule has 1 saturated heterocycles. The first-order valence-corrected chi connectivity index (χ1v) is 10.8. The number of hydrogen-bond donors (Lipinski definition) is 0. The molecule has 2 aliphatic rings. The van der Waals surface area contributed by atoms with Gasteiger partial charge in [0.05, 0.1) is 18.7 Å². The molecule has 3 heterocycles. The van der Waals surface area contributed by atoms with Crippen molar-refractivity contribution in [2.24, 2.45) is 5.92 Å². The van der Waals surface area contributed by atoms with Gasteiger partial charge in [0.2, 0.25) is 5.91 Å². The first-order valence-electron chi connectivity index (χ1n) is 10.8. The highest BCUT2D eigenvalue weighted by atomic mass is 16.5. The van der Waals surface area contributed by atoms with Gasteiger partial charge in [-0.15, -0.1) is 0 Å². The maximum Gasteiger partial charge on any atom is 0.231 e. The predicted molar refractivity (Wildman–Crippen MR) is 121 cm³/mol. The van der Waals surface area contributed by atoms with Gasteiger partial charge < -0.3 is 14.5 Å². The van der Waals surface area contributed by atoms with Crippen molar-refractivity contribution >= 4 is 17.4 Å². The molecule has 2 aromatic carbocycles. The van der Waals surface area contributed by atoms with Gasteiger partial charge in [0, 0.05) is 37.0 Å². The third-order valence-electron chi connectivity index (χ3n) is 6.29. The molecule has 3 aromatic rings. The molecule has 158 valence electrons. The van der Waals surface area contributed by atoms with Crippen LogP contribution in [0.15, 0.2) is 60.9 Å². The maximum atomic E-state index is 13.3. The van der Waals surface area contributed by atoms with E-state index in [0.717, 1.165) is 60.9 Å². The summed E-state index contributed by atoms with van der Waals surface area (Å²) in [5.74, 6) is 1.91. The Morgan fingerprint density at radius 1 is 1.06 bits per heavy atom. The van der Waals surface area contributed by atoms with Crippen molar-refractivity contribution in [2.75, 3.05) is 36.5 Å². The van der Waals surface area contributed by atoms with Crippen molar-refractivity contribution in [1.29, 1.82) is 0 Å². The van der Waals surface area contributed by atoms with Crippen LogP contribution < -0.4 is 14.5 Å². The molecule has 2 aliphatic heterocycles. The molecule has 0 aliphatic carbocycles. The Kier molecular flexibility index (Phi) is 5.28. The predicted octanol–water partition coefficient (Wildman–Crippen LogP) is 3.96. The fourth-order valence-corrected chi connectivity index (χ4v) is 4.61. The molecule has 31 heavy (non-hydrogen) atoms. The number of ether oxygens (including phenoxy) is 1. The van der Waals surface area contributed by atoms with Gasteiger partial charge in [0.1, 0.15) is 17.9 Å². The molecule has 5 rings (SSSR count). The van der Waals surface area contributed by atoms with E-state index in [0.29, 0.717) is 6.54 Å². The Bertz CT molecular complexity index is 1080. The SMILES string of the molecule is COc1ccc(-c2cc(N3CCC[C@H](C(=O)N4CCc5ccccc54)C3)ncn2)cc1. The third-order valence-corrected chi connectivity index (χ3v) is 6.29. The maximum absolute atomic E-state index is 13.3. The van der Waals surface area contributed by atoms with Crippen LogP contribution in [0.2, 0.25) is 0 Å². The highest BCUT2D eigenvalue weighted by molar-refractivity contribution is 5.97. The minimum Gasteiger partial charge on any atom is -0.497 e. The zero-order valence-corrected chi connectivity index (χ0v) is 17.7. The number of amides is 1. The summed E-state index contributed by atoms with van der Waals surface area (Å²) in [4.78, 5) is 26.5. The van der Waals surface area contributed by atoms with E-state index in [2.05, 4.69) is 27.0 Å². The van der Waals surface area contributed by atoms with Crippen molar-refractivity contribution in [3.8, 4) is 17.0 Å². The van der Waals surface area contributed by atoms with E-state index >= 15 is 0 Å². The van der Waals surface area contributed by atoms with Gasteiger partial charge in [0.15, 0.2) is 0 Å². The molecular formula is C25H26N4O2. The molecular weight excluding hydrogens is 388 g/mol. The van der Waals surface area contributed by atoms with Gasteiger partial charge in [-0.05, 0) is 55.2 Å². The Hall–Kier alpha value is -3.41. The molecule has 1 atom stereocenters. The second-order valence-corrected chi connectivity index (χ2v) is 8.14. The summed E-state index contributed by atoms with van der Waals surface area (Å²) in [5, 5.41) is 0. The van der Waals surface area contributed by atoms with E-state index in [1.54, 1.807) is 13.4 Å². The Balaban J connectivity index is 1.33. The monoisotopic (exact) mass is 414 g/mol. The molecule has 1 aromatic heterocycles. The number of para-hydroxylation sites is 1. The van der Waals surface area contributed by atoms with Crippen molar-refractivity contribution in [3.05, 3.63) is 66.5 Å². The van der Waals surface area contributed by atoms with Crippen molar-refractivity contribution in [2.45, 2.75) is 19.3 Å². The lowest BCUT2D eigenvalue weighted by molar-refractivity contribution is -0.122. The summed E-state index contributed by atoms with van der Waals surface area (Å²) in [5.41, 5.74) is 4.23. The Morgan fingerprint density at radius 3 is 2.74 bits per heavy atom. The number of nitrogens with zero attached hydrogens (tertiary/aromatic N) is 4. The van der Waals surface area contributed by atoms with E-state index in [1.807, 2.05) is 47.4 Å². The second kappa shape index (κ2) is 8.38. The minimum absolute atomic E-state index is 0.0145. The quantitative estimate of drug-likeness (QED) is 0.647. The summed E-state index contributed by atoms with van der Waals surface area (Å²) in [6.45, 7) is 2.37. The first kappa shape index (κ1) is 19.5. The summed E-state index contributed by atoms with van der Waals surface area (Å²) in [7, 11) is 1.66. The van der Waals surface area contributed by atoms with Crippen LogP contribution in [-0.4, -0.2) is 42.6 Å². The number of benzene rings is 2. The van der Waals surface area contributed by atoms with Crippen molar-refractivity contribution < 1.29 is 9.53 Å². The number of hydrogen-bond acceptors (Lipinski definition) is 5. The lowest BCUT2D eigenvalue weighted by Crippen LogP contribution is -2.44. The van der Waals surface area contributed by atoms with Gasteiger partial charge in [-0.25, -0.2) is 9.97 Å². The average Bonchev–Trinajstić information content (AvgIpc) is 3.28. The summed E-state index contributed by atoms with van der Waals surface area (Å²) in [6.07, 6.45) is 4.45. The molecule has 0 spiro atoms. The van der Waals surface area contributed by atoms with Crippen LogP contribution in [0.25, 0.3) is 11.3 Å².